The third-order valence-corrected chi connectivity index (χ3v) is 7.63. The van der Waals surface area contributed by atoms with Gasteiger partial charge in [-0.25, -0.2) is 4.98 Å². The summed E-state index contributed by atoms with van der Waals surface area (Å²) in [7, 11) is 3.85. The third kappa shape index (κ3) is 3.85. The van der Waals surface area contributed by atoms with Gasteiger partial charge in [-0.05, 0) is 48.0 Å². The maximum absolute atomic E-state index is 13.8. The van der Waals surface area contributed by atoms with E-state index in [0.717, 1.165) is 15.8 Å². The molecule has 3 aromatic carbocycles. The number of aliphatic hydroxyl groups is 1. The van der Waals surface area contributed by atoms with E-state index in [1.807, 2.05) is 61.5 Å². The number of hydrogen-bond acceptors (Lipinski definition) is 7. The second-order valence-electron chi connectivity index (χ2n) is 8.91. The average Bonchev–Trinajstić information content (AvgIpc) is 3.57. The number of benzene rings is 3. The number of amides is 1. The van der Waals surface area contributed by atoms with Crippen LogP contribution in [0.2, 0.25) is 5.02 Å². The molecular formula is C28H20ClN3O4S. The van der Waals surface area contributed by atoms with Crippen molar-refractivity contribution in [2.24, 2.45) is 0 Å². The number of nitrogens with zero attached hydrogens (tertiary/aromatic N) is 3. The van der Waals surface area contributed by atoms with Gasteiger partial charge in [0.15, 0.2) is 16.7 Å². The molecule has 1 atom stereocenters. The van der Waals surface area contributed by atoms with Gasteiger partial charge in [-0.1, -0.05) is 53.3 Å². The summed E-state index contributed by atoms with van der Waals surface area (Å²) >= 11 is 7.42. The Kier molecular flexibility index (Phi) is 5.51. The van der Waals surface area contributed by atoms with Crippen molar-refractivity contribution in [2.45, 2.75) is 6.04 Å². The number of rotatable bonds is 5. The second-order valence-corrected chi connectivity index (χ2v) is 10.4. The first-order valence-electron chi connectivity index (χ1n) is 11.4. The molecule has 0 spiro atoms. The van der Waals surface area contributed by atoms with Gasteiger partial charge in [0.1, 0.15) is 5.58 Å². The summed E-state index contributed by atoms with van der Waals surface area (Å²) in [5.41, 5.74) is 2.75. The van der Waals surface area contributed by atoms with Crippen molar-refractivity contribution in [1.82, 2.24) is 4.98 Å². The first-order chi connectivity index (χ1) is 17.8. The molecule has 1 amide bonds. The molecule has 2 aromatic heterocycles. The summed E-state index contributed by atoms with van der Waals surface area (Å²) < 4.78 is 6.59. The Balaban J connectivity index is 1.50. The molecular weight excluding hydrogens is 510 g/mol. The van der Waals surface area contributed by atoms with E-state index in [0.29, 0.717) is 26.8 Å². The molecule has 3 heterocycles. The van der Waals surface area contributed by atoms with Crippen molar-refractivity contribution in [3.63, 3.8) is 0 Å². The van der Waals surface area contributed by atoms with Crippen LogP contribution >= 0.6 is 22.9 Å². The lowest BCUT2D eigenvalue weighted by atomic mass is 9.95. The maximum atomic E-state index is 13.8. The number of carbonyl (C=O) groups is 2. The molecule has 0 saturated heterocycles. The van der Waals surface area contributed by atoms with Crippen LogP contribution in [0.15, 0.2) is 88.5 Å². The maximum Gasteiger partial charge on any atom is 0.296 e. The van der Waals surface area contributed by atoms with E-state index >= 15 is 0 Å². The Morgan fingerprint density at radius 1 is 1.08 bits per heavy atom. The molecule has 6 rings (SSSR count). The zero-order chi connectivity index (χ0) is 25.8. The van der Waals surface area contributed by atoms with Gasteiger partial charge in [-0.2, -0.15) is 0 Å². The molecule has 1 aliphatic rings. The Morgan fingerprint density at radius 2 is 1.84 bits per heavy atom. The van der Waals surface area contributed by atoms with Gasteiger partial charge >= 0.3 is 0 Å². The molecule has 0 radical (unpaired) electrons. The highest BCUT2D eigenvalue weighted by Crippen LogP contribution is 2.45. The van der Waals surface area contributed by atoms with Crippen LogP contribution in [0.5, 0.6) is 0 Å². The van der Waals surface area contributed by atoms with E-state index in [1.54, 1.807) is 30.3 Å². The van der Waals surface area contributed by atoms with Crippen molar-refractivity contribution in [2.75, 3.05) is 23.9 Å². The number of para-hydroxylation sites is 1. The number of halogens is 1. The Labute approximate surface area is 220 Å². The highest BCUT2D eigenvalue weighted by Gasteiger charge is 2.46. The molecule has 0 fully saturated rings. The molecule has 37 heavy (non-hydrogen) atoms. The SMILES string of the molecule is CN(C)c1ccc(C2C(C(=O)c3cc4ccccc4o3)=C(O)C(=O)N2c2nc3ccc(Cl)cc3s2)cc1. The molecule has 1 unspecified atom stereocenters. The fourth-order valence-corrected chi connectivity index (χ4v) is 5.79. The normalized spacial score (nSPS) is 15.8. The molecule has 0 saturated carbocycles. The summed E-state index contributed by atoms with van der Waals surface area (Å²) in [5.74, 6) is -1.84. The molecule has 0 bridgehead atoms. The largest absolute Gasteiger partial charge is 0.503 e. The highest BCUT2D eigenvalue weighted by atomic mass is 35.5. The fraction of sp³-hybridized carbons (Fsp3) is 0.107. The Hall–Kier alpha value is -4.14. The van der Waals surface area contributed by atoms with Crippen LogP contribution < -0.4 is 9.80 Å². The minimum absolute atomic E-state index is 0.0448. The average molecular weight is 530 g/mol. The molecule has 1 aliphatic heterocycles. The van der Waals surface area contributed by atoms with Crippen LogP contribution in [-0.4, -0.2) is 35.9 Å². The smallest absolute Gasteiger partial charge is 0.296 e. The first-order valence-corrected chi connectivity index (χ1v) is 12.6. The van der Waals surface area contributed by atoms with Crippen molar-refractivity contribution in [3.05, 3.63) is 100 Å². The molecule has 7 nitrogen and oxygen atoms in total. The van der Waals surface area contributed by atoms with Crippen LogP contribution in [0.3, 0.4) is 0 Å². The number of aromatic nitrogens is 1. The lowest BCUT2D eigenvalue weighted by Gasteiger charge is -2.25. The summed E-state index contributed by atoms with van der Waals surface area (Å²) in [6.45, 7) is 0. The van der Waals surface area contributed by atoms with Crippen molar-refractivity contribution in [1.29, 1.82) is 0 Å². The number of Topliss-reactive ketones (excluding diaryl/α,β-unsaturated/α-hetero) is 1. The first kappa shape index (κ1) is 23.3. The van der Waals surface area contributed by atoms with E-state index in [4.69, 9.17) is 16.0 Å². The Morgan fingerprint density at radius 3 is 2.57 bits per heavy atom. The predicted molar refractivity (Wildman–Crippen MR) is 146 cm³/mol. The van der Waals surface area contributed by atoms with E-state index in [2.05, 4.69) is 4.98 Å². The number of furan rings is 1. The zero-order valence-electron chi connectivity index (χ0n) is 19.8. The van der Waals surface area contributed by atoms with E-state index in [-0.39, 0.29) is 11.3 Å². The number of fused-ring (bicyclic) bond motifs is 2. The number of hydrogen-bond donors (Lipinski definition) is 1. The second kappa shape index (κ2) is 8.76. The Bertz CT molecular complexity index is 1700. The lowest BCUT2D eigenvalue weighted by molar-refractivity contribution is -0.117. The standard InChI is InChI=1S/C28H20ClN3O4S/c1-31(2)18-10-7-15(8-11-18)24-23(25(33)21-13-16-5-3-4-6-20(16)36-21)26(34)27(35)32(24)28-30-19-12-9-17(29)14-22(19)37-28/h3-14,24,34H,1-2H3. The third-order valence-electron chi connectivity index (χ3n) is 6.37. The summed E-state index contributed by atoms with van der Waals surface area (Å²) in [5, 5.41) is 12.7. The molecule has 9 heteroatoms. The van der Waals surface area contributed by atoms with E-state index < -0.39 is 23.5 Å². The molecule has 5 aromatic rings. The molecule has 184 valence electrons. The lowest BCUT2D eigenvalue weighted by Crippen LogP contribution is -2.31. The van der Waals surface area contributed by atoms with Crippen LogP contribution in [0.1, 0.15) is 22.2 Å². The van der Waals surface area contributed by atoms with Gasteiger partial charge in [0, 0.05) is 30.2 Å². The molecule has 1 N–H and O–H groups in total. The zero-order valence-corrected chi connectivity index (χ0v) is 21.4. The van der Waals surface area contributed by atoms with Crippen LogP contribution in [-0.2, 0) is 4.79 Å². The number of thiazole rings is 1. The van der Waals surface area contributed by atoms with Crippen LogP contribution in [0, 0.1) is 0 Å². The quantitative estimate of drug-likeness (QED) is 0.260. The van der Waals surface area contributed by atoms with Gasteiger partial charge in [0.25, 0.3) is 5.91 Å². The van der Waals surface area contributed by atoms with Crippen molar-refractivity contribution >= 4 is 66.6 Å². The van der Waals surface area contributed by atoms with Crippen molar-refractivity contribution < 1.29 is 19.1 Å². The number of anilines is 2. The van der Waals surface area contributed by atoms with Gasteiger partial charge < -0.3 is 14.4 Å². The van der Waals surface area contributed by atoms with Gasteiger partial charge in [0.05, 0.1) is 21.8 Å². The number of ketones is 1. The number of carbonyl (C=O) groups excluding carboxylic acids is 2. The highest BCUT2D eigenvalue weighted by molar-refractivity contribution is 7.22. The number of aliphatic hydroxyl groups excluding tert-OH is 1. The molecule has 0 aliphatic carbocycles. The van der Waals surface area contributed by atoms with E-state index in [9.17, 15) is 14.7 Å². The summed E-state index contributed by atoms with van der Waals surface area (Å²) in [6, 6.07) is 20.7. The predicted octanol–water partition coefficient (Wildman–Crippen LogP) is 6.54. The topological polar surface area (TPSA) is 86.9 Å². The summed E-state index contributed by atoms with van der Waals surface area (Å²) in [4.78, 5) is 35.2. The monoisotopic (exact) mass is 529 g/mol. The van der Waals surface area contributed by atoms with Crippen molar-refractivity contribution in [3.8, 4) is 0 Å². The van der Waals surface area contributed by atoms with Gasteiger partial charge in [0.2, 0.25) is 5.78 Å². The van der Waals surface area contributed by atoms with Crippen LogP contribution in [0.25, 0.3) is 21.2 Å². The minimum atomic E-state index is -0.902. The van der Waals surface area contributed by atoms with Gasteiger partial charge in [-0.15, -0.1) is 0 Å². The van der Waals surface area contributed by atoms with E-state index in [1.165, 1.54) is 16.2 Å². The van der Waals surface area contributed by atoms with Gasteiger partial charge in [-0.3, -0.25) is 14.5 Å². The summed E-state index contributed by atoms with van der Waals surface area (Å²) in [6.07, 6.45) is 0. The van der Waals surface area contributed by atoms with Crippen LogP contribution in [0.4, 0.5) is 10.8 Å². The fourth-order valence-electron chi connectivity index (χ4n) is 4.52. The minimum Gasteiger partial charge on any atom is -0.503 e.